The van der Waals surface area contributed by atoms with Crippen molar-refractivity contribution in [2.45, 2.75) is 71.4 Å². The third-order valence-electron chi connectivity index (χ3n) is 5.05. The summed E-state index contributed by atoms with van der Waals surface area (Å²) in [4.78, 5) is 12.1. The van der Waals surface area contributed by atoms with E-state index < -0.39 is 41.8 Å². The standard InChI is InChI=1S/C21H28BBrF3NO4/c1-18(2,3)29-17(28)27-12-14(22-30-19(4,5)20(6,7)31-22)10-13-8-9-15(23)11-16(13)21(24,25)26/h8-11H,12H2,1-7H3,(H,27,28). The summed E-state index contributed by atoms with van der Waals surface area (Å²) in [5.41, 5.74) is -2.66. The SMILES string of the molecule is CC(C)(C)OC(=O)NCC(=Cc1ccc(Br)cc1C(F)(F)F)B1OC(C)(C)C(C)(C)O1. The third kappa shape index (κ3) is 6.73. The molecule has 1 amide bonds. The Morgan fingerprint density at radius 2 is 1.71 bits per heavy atom. The van der Waals surface area contributed by atoms with Crippen molar-refractivity contribution in [1.82, 2.24) is 5.32 Å². The quantitative estimate of drug-likeness (QED) is 0.509. The number of ether oxygens (including phenoxy) is 1. The Morgan fingerprint density at radius 3 is 2.19 bits per heavy atom. The Balaban J connectivity index is 2.43. The summed E-state index contributed by atoms with van der Waals surface area (Å²) in [6, 6.07) is 3.88. The first kappa shape index (κ1) is 25.7. The number of halogens is 4. The number of nitrogens with one attached hydrogen (secondary N) is 1. The van der Waals surface area contributed by atoms with E-state index in [1.165, 1.54) is 18.2 Å². The van der Waals surface area contributed by atoms with Crippen molar-refractivity contribution in [2.24, 2.45) is 0 Å². The highest BCUT2D eigenvalue weighted by Crippen LogP contribution is 2.40. The number of carbonyl (C=O) groups is 1. The minimum absolute atomic E-state index is 0.0635. The van der Waals surface area contributed by atoms with Crippen LogP contribution in [0.3, 0.4) is 0 Å². The highest BCUT2D eigenvalue weighted by Gasteiger charge is 2.52. The molecule has 172 valence electrons. The maximum absolute atomic E-state index is 13.6. The van der Waals surface area contributed by atoms with Gasteiger partial charge < -0.3 is 19.4 Å². The van der Waals surface area contributed by atoms with Gasteiger partial charge in [-0.3, -0.25) is 0 Å². The molecule has 1 heterocycles. The number of amides is 1. The van der Waals surface area contributed by atoms with Crippen molar-refractivity contribution in [3.63, 3.8) is 0 Å². The van der Waals surface area contributed by atoms with Gasteiger partial charge in [0.1, 0.15) is 5.60 Å². The van der Waals surface area contributed by atoms with Gasteiger partial charge in [-0.1, -0.05) is 28.1 Å². The van der Waals surface area contributed by atoms with Gasteiger partial charge in [0.05, 0.1) is 16.8 Å². The van der Waals surface area contributed by atoms with Crippen molar-refractivity contribution in [3.05, 3.63) is 39.3 Å². The van der Waals surface area contributed by atoms with Gasteiger partial charge >= 0.3 is 19.4 Å². The first-order chi connectivity index (χ1) is 13.9. The van der Waals surface area contributed by atoms with Crippen LogP contribution >= 0.6 is 15.9 Å². The van der Waals surface area contributed by atoms with E-state index in [2.05, 4.69) is 21.2 Å². The molecule has 0 bridgehead atoms. The van der Waals surface area contributed by atoms with E-state index in [-0.39, 0.29) is 12.1 Å². The van der Waals surface area contributed by atoms with E-state index in [1.807, 2.05) is 27.7 Å². The van der Waals surface area contributed by atoms with Gasteiger partial charge in [0, 0.05) is 11.0 Å². The Morgan fingerprint density at radius 1 is 1.16 bits per heavy atom. The zero-order chi connectivity index (χ0) is 23.8. The first-order valence-corrected chi connectivity index (χ1v) is 10.6. The Hall–Kier alpha value is -1.52. The molecule has 1 aliphatic rings. The Bertz CT molecular complexity index is 847. The average molecular weight is 506 g/mol. The molecule has 1 aromatic rings. The van der Waals surface area contributed by atoms with Crippen LogP contribution in [0.5, 0.6) is 0 Å². The van der Waals surface area contributed by atoms with Crippen LogP contribution < -0.4 is 5.32 Å². The van der Waals surface area contributed by atoms with Crippen molar-refractivity contribution >= 4 is 35.2 Å². The van der Waals surface area contributed by atoms with E-state index in [1.54, 1.807) is 20.8 Å². The van der Waals surface area contributed by atoms with Crippen LogP contribution in [0.25, 0.3) is 6.08 Å². The highest BCUT2D eigenvalue weighted by atomic mass is 79.9. The van der Waals surface area contributed by atoms with E-state index in [0.29, 0.717) is 9.95 Å². The number of alkyl carbamates (subject to hydrolysis) is 1. The smallest absolute Gasteiger partial charge is 0.444 e. The lowest BCUT2D eigenvalue weighted by Crippen LogP contribution is -2.41. The summed E-state index contributed by atoms with van der Waals surface area (Å²) in [7, 11) is -0.940. The topological polar surface area (TPSA) is 56.8 Å². The molecular weight excluding hydrogens is 478 g/mol. The summed E-state index contributed by atoms with van der Waals surface area (Å²) in [5, 5.41) is 2.58. The molecule has 1 N–H and O–H groups in total. The van der Waals surface area contributed by atoms with Crippen LogP contribution in [0, 0.1) is 0 Å². The monoisotopic (exact) mass is 505 g/mol. The first-order valence-electron chi connectivity index (χ1n) is 9.81. The van der Waals surface area contributed by atoms with Gasteiger partial charge in [0.2, 0.25) is 0 Å². The average Bonchev–Trinajstić information content (AvgIpc) is 2.77. The van der Waals surface area contributed by atoms with E-state index in [4.69, 9.17) is 14.0 Å². The van der Waals surface area contributed by atoms with Crippen molar-refractivity contribution in [3.8, 4) is 0 Å². The second-order valence-electron chi connectivity index (χ2n) is 9.39. The predicted octanol–water partition coefficient (Wildman–Crippen LogP) is 6.01. The molecule has 1 aromatic carbocycles. The number of carbonyl (C=O) groups excluding carboxylic acids is 1. The molecule has 0 unspecified atom stereocenters. The van der Waals surface area contributed by atoms with Crippen molar-refractivity contribution in [2.75, 3.05) is 6.54 Å². The molecule has 10 heteroatoms. The molecule has 1 saturated heterocycles. The van der Waals surface area contributed by atoms with Crippen molar-refractivity contribution in [1.29, 1.82) is 0 Å². The van der Waals surface area contributed by atoms with E-state index >= 15 is 0 Å². The van der Waals surface area contributed by atoms with E-state index in [0.717, 1.165) is 6.07 Å². The second-order valence-corrected chi connectivity index (χ2v) is 10.3. The fraction of sp³-hybridized carbons (Fsp3) is 0.571. The molecule has 1 aliphatic heterocycles. The minimum Gasteiger partial charge on any atom is -0.444 e. The summed E-state index contributed by atoms with van der Waals surface area (Å²) in [5.74, 6) is 0. The number of benzene rings is 1. The van der Waals surface area contributed by atoms with Crippen LogP contribution in [-0.4, -0.2) is 36.6 Å². The summed E-state index contributed by atoms with van der Waals surface area (Å²) in [6.07, 6.45) is -3.91. The zero-order valence-corrected chi connectivity index (χ0v) is 20.3. The maximum Gasteiger partial charge on any atom is 0.492 e. The lowest BCUT2D eigenvalue weighted by molar-refractivity contribution is -0.137. The predicted molar refractivity (Wildman–Crippen MR) is 117 cm³/mol. The molecule has 0 atom stereocenters. The molecule has 2 rings (SSSR count). The summed E-state index contributed by atoms with van der Waals surface area (Å²) >= 11 is 3.09. The fourth-order valence-corrected chi connectivity index (χ4v) is 3.15. The number of rotatable bonds is 4. The molecule has 0 aliphatic carbocycles. The molecule has 31 heavy (non-hydrogen) atoms. The van der Waals surface area contributed by atoms with Gasteiger partial charge in [-0.15, -0.1) is 0 Å². The van der Waals surface area contributed by atoms with Crippen LogP contribution in [-0.2, 0) is 20.2 Å². The number of alkyl halides is 3. The third-order valence-corrected chi connectivity index (χ3v) is 5.55. The van der Waals surface area contributed by atoms with Crippen LogP contribution in [0.4, 0.5) is 18.0 Å². The number of hydrogen-bond donors (Lipinski definition) is 1. The minimum atomic E-state index is -4.56. The molecule has 0 spiro atoms. The molecule has 1 fully saturated rings. The molecule has 0 aromatic heterocycles. The molecular formula is C21H28BBrF3NO4. The maximum atomic E-state index is 13.6. The molecule has 5 nitrogen and oxygen atoms in total. The van der Waals surface area contributed by atoms with Crippen LogP contribution in [0.1, 0.15) is 59.6 Å². The summed E-state index contributed by atoms with van der Waals surface area (Å²) in [6.45, 7) is 12.4. The zero-order valence-electron chi connectivity index (χ0n) is 18.7. The van der Waals surface area contributed by atoms with Gasteiger partial charge in [-0.2, -0.15) is 13.2 Å². The molecule has 0 radical (unpaired) electrons. The number of hydrogen-bond acceptors (Lipinski definition) is 4. The van der Waals surface area contributed by atoms with Gasteiger partial charge in [0.25, 0.3) is 0 Å². The summed E-state index contributed by atoms with van der Waals surface area (Å²) < 4.78 is 58.4. The molecule has 0 saturated carbocycles. The van der Waals surface area contributed by atoms with Crippen LogP contribution in [0.2, 0.25) is 0 Å². The lowest BCUT2D eigenvalue weighted by atomic mass is 9.76. The normalized spacial score (nSPS) is 18.8. The lowest BCUT2D eigenvalue weighted by Gasteiger charge is -2.32. The Labute approximate surface area is 190 Å². The second kappa shape index (κ2) is 8.79. The largest absolute Gasteiger partial charge is 0.492 e. The fourth-order valence-electron chi connectivity index (χ4n) is 2.78. The van der Waals surface area contributed by atoms with Crippen molar-refractivity contribution < 1.29 is 32.0 Å². The Kier molecular flexibility index (Phi) is 7.30. The van der Waals surface area contributed by atoms with Crippen LogP contribution in [0.15, 0.2) is 28.1 Å². The highest BCUT2D eigenvalue weighted by molar-refractivity contribution is 9.10. The van der Waals surface area contributed by atoms with Gasteiger partial charge in [0.15, 0.2) is 0 Å². The van der Waals surface area contributed by atoms with E-state index in [9.17, 15) is 18.0 Å². The van der Waals surface area contributed by atoms with Gasteiger partial charge in [-0.25, -0.2) is 4.79 Å². The van der Waals surface area contributed by atoms with Gasteiger partial charge in [-0.05, 0) is 71.6 Å².